The molecule has 0 unspecified atom stereocenters. The molecule has 3 nitrogen and oxygen atoms in total. The first-order valence-corrected chi connectivity index (χ1v) is 10.6. The minimum absolute atomic E-state index is 0.259. The Hall–Kier alpha value is -1.20. The minimum atomic E-state index is 0.259. The summed E-state index contributed by atoms with van der Waals surface area (Å²) in [5.41, 5.74) is 22.0. The van der Waals surface area contributed by atoms with Gasteiger partial charge >= 0.3 is 0 Å². The topological polar surface area (TPSA) is 78.1 Å². The van der Waals surface area contributed by atoms with Crippen LogP contribution >= 0.6 is 69.6 Å². The normalized spacial score (nSPS) is 11.1. The van der Waals surface area contributed by atoms with E-state index in [9.17, 15) is 0 Å². The predicted octanol–water partition coefficient (Wildman–Crippen LogP) is 7.54. The van der Waals surface area contributed by atoms with Crippen molar-refractivity contribution in [3.05, 3.63) is 82.7 Å². The maximum atomic E-state index is 6.45. The molecule has 0 heterocycles. The van der Waals surface area contributed by atoms with Gasteiger partial charge in [-0.3, -0.25) is 0 Å². The van der Waals surface area contributed by atoms with Crippen molar-refractivity contribution in [1.82, 2.24) is 0 Å². The van der Waals surface area contributed by atoms with E-state index in [1.165, 1.54) is 0 Å². The molecule has 0 saturated heterocycles. The number of anilines is 3. The number of hydrogen-bond donors (Lipinski definition) is 3. The van der Waals surface area contributed by atoms with Gasteiger partial charge in [0.05, 0.1) is 47.2 Å². The van der Waals surface area contributed by atoms with Gasteiger partial charge in [-0.05, 0) is 34.4 Å². The molecule has 0 aliphatic heterocycles. The van der Waals surface area contributed by atoms with Crippen LogP contribution in [0.3, 0.4) is 0 Å². The van der Waals surface area contributed by atoms with Crippen LogP contribution in [0.25, 0.3) is 0 Å². The Balaban J connectivity index is 2.04. The molecule has 0 atom stereocenters. The first kappa shape index (κ1) is 22.5. The standard InChI is InChI=1S/C20H15Cl6N3/c21-14-8(1-3-12(27)17(14)24)5-10-7-11(20(29)19(26)16(10)23)6-9-2-4-13(28)18(25)15(9)22/h1-4,7H,5-6,27-29H2. The van der Waals surface area contributed by atoms with Gasteiger partial charge in [-0.1, -0.05) is 87.8 Å². The summed E-state index contributed by atoms with van der Waals surface area (Å²) in [4.78, 5) is 0. The molecule has 29 heavy (non-hydrogen) atoms. The number of rotatable bonds is 4. The lowest BCUT2D eigenvalue weighted by Crippen LogP contribution is -2.03. The molecular formula is C20H15Cl6N3. The van der Waals surface area contributed by atoms with E-state index >= 15 is 0 Å². The average Bonchev–Trinajstić information content (AvgIpc) is 2.70. The van der Waals surface area contributed by atoms with Gasteiger partial charge in [0.15, 0.2) is 0 Å². The fourth-order valence-corrected chi connectivity index (χ4v) is 4.23. The first-order chi connectivity index (χ1) is 13.6. The molecule has 3 aromatic carbocycles. The second-order valence-corrected chi connectivity index (χ2v) is 8.74. The van der Waals surface area contributed by atoms with Crippen LogP contribution in [-0.4, -0.2) is 0 Å². The number of hydrogen-bond acceptors (Lipinski definition) is 3. The number of halogens is 6. The Labute approximate surface area is 198 Å². The molecule has 0 bridgehead atoms. The molecule has 9 heteroatoms. The lowest BCUT2D eigenvalue weighted by atomic mass is 9.97. The Morgan fingerprint density at radius 3 is 1.38 bits per heavy atom. The molecule has 0 aromatic heterocycles. The van der Waals surface area contributed by atoms with Crippen molar-refractivity contribution in [3.63, 3.8) is 0 Å². The highest BCUT2D eigenvalue weighted by atomic mass is 35.5. The van der Waals surface area contributed by atoms with Gasteiger partial charge in [0, 0.05) is 12.8 Å². The second-order valence-electron chi connectivity index (χ2n) is 6.47. The van der Waals surface area contributed by atoms with E-state index in [0.29, 0.717) is 55.0 Å². The van der Waals surface area contributed by atoms with Crippen molar-refractivity contribution < 1.29 is 0 Å². The summed E-state index contributed by atoms with van der Waals surface area (Å²) in [6.07, 6.45) is 0.783. The Bertz CT molecular complexity index is 1030. The molecule has 0 spiro atoms. The Morgan fingerprint density at radius 2 is 0.897 bits per heavy atom. The molecule has 0 amide bonds. The third kappa shape index (κ3) is 4.46. The lowest BCUT2D eigenvalue weighted by Gasteiger charge is -2.16. The van der Waals surface area contributed by atoms with Crippen LogP contribution < -0.4 is 17.2 Å². The molecule has 6 N–H and O–H groups in total. The monoisotopic (exact) mass is 507 g/mol. The van der Waals surface area contributed by atoms with Crippen molar-refractivity contribution in [2.75, 3.05) is 17.2 Å². The maximum Gasteiger partial charge on any atom is 0.0827 e. The van der Waals surface area contributed by atoms with E-state index in [0.717, 1.165) is 22.3 Å². The number of nitrogens with two attached hydrogens (primary N) is 3. The average molecular weight is 510 g/mol. The molecule has 0 aliphatic carbocycles. The molecule has 3 rings (SSSR count). The van der Waals surface area contributed by atoms with Crippen LogP contribution in [0.4, 0.5) is 17.1 Å². The van der Waals surface area contributed by atoms with Gasteiger partial charge in [-0.25, -0.2) is 0 Å². The zero-order chi connectivity index (χ0) is 21.5. The smallest absolute Gasteiger partial charge is 0.0827 e. The van der Waals surface area contributed by atoms with Gasteiger partial charge in [-0.2, -0.15) is 0 Å². The highest BCUT2D eigenvalue weighted by molar-refractivity contribution is 6.45. The minimum Gasteiger partial charge on any atom is -0.397 e. The van der Waals surface area contributed by atoms with Crippen LogP contribution in [0, 0.1) is 0 Å². The van der Waals surface area contributed by atoms with E-state index in [1.54, 1.807) is 24.3 Å². The molecular weight excluding hydrogens is 495 g/mol. The summed E-state index contributed by atoms with van der Waals surface area (Å²) in [5.74, 6) is 0. The third-order valence-corrected chi connectivity index (χ3v) is 7.34. The summed E-state index contributed by atoms with van der Waals surface area (Å²) in [6, 6.07) is 8.83. The zero-order valence-electron chi connectivity index (χ0n) is 14.8. The van der Waals surface area contributed by atoms with Gasteiger partial charge in [-0.15, -0.1) is 0 Å². The Kier molecular flexibility index (Phi) is 6.89. The zero-order valence-corrected chi connectivity index (χ0v) is 19.3. The van der Waals surface area contributed by atoms with Crippen molar-refractivity contribution in [1.29, 1.82) is 0 Å². The summed E-state index contributed by atoms with van der Waals surface area (Å²) >= 11 is 37.8. The second kappa shape index (κ2) is 8.89. The molecule has 0 aliphatic rings. The number of nitrogen functional groups attached to an aromatic ring is 3. The highest BCUT2D eigenvalue weighted by Crippen LogP contribution is 2.40. The van der Waals surface area contributed by atoms with Gasteiger partial charge in [0.1, 0.15) is 0 Å². The third-order valence-electron chi connectivity index (χ3n) is 4.55. The van der Waals surface area contributed by atoms with E-state index in [-0.39, 0.29) is 5.02 Å². The molecule has 0 saturated carbocycles. The summed E-state index contributed by atoms with van der Waals surface area (Å²) in [5, 5.41) is 1.93. The van der Waals surface area contributed by atoms with Gasteiger partial charge in [0.25, 0.3) is 0 Å². The fourth-order valence-electron chi connectivity index (χ4n) is 2.92. The van der Waals surface area contributed by atoms with E-state index in [4.69, 9.17) is 86.8 Å². The van der Waals surface area contributed by atoms with Crippen molar-refractivity contribution in [3.8, 4) is 0 Å². The van der Waals surface area contributed by atoms with Gasteiger partial charge in [0.2, 0.25) is 0 Å². The molecule has 152 valence electrons. The van der Waals surface area contributed by atoms with Crippen molar-refractivity contribution >= 4 is 86.7 Å². The SMILES string of the molecule is Nc1ccc(Cc2cc(Cc3ccc(N)c(Cl)c3Cl)c(Cl)c(Cl)c2N)c(Cl)c1Cl. The lowest BCUT2D eigenvalue weighted by molar-refractivity contribution is 1.14. The predicted molar refractivity (Wildman–Crippen MR) is 128 cm³/mol. The van der Waals surface area contributed by atoms with Crippen LogP contribution in [0.1, 0.15) is 22.3 Å². The van der Waals surface area contributed by atoms with Gasteiger partial charge < -0.3 is 17.2 Å². The fraction of sp³-hybridized carbons (Fsp3) is 0.100. The van der Waals surface area contributed by atoms with Crippen molar-refractivity contribution in [2.45, 2.75) is 12.8 Å². The summed E-state index contributed by atoms with van der Waals surface area (Å²) in [6.45, 7) is 0. The van der Waals surface area contributed by atoms with E-state index in [1.807, 2.05) is 6.07 Å². The molecule has 3 aromatic rings. The van der Waals surface area contributed by atoms with E-state index < -0.39 is 0 Å². The van der Waals surface area contributed by atoms with Crippen molar-refractivity contribution in [2.24, 2.45) is 0 Å². The maximum absolute atomic E-state index is 6.45. The van der Waals surface area contributed by atoms with Crippen LogP contribution in [0.2, 0.25) is 30.1 Å². The Morgan fingerprint density at radius 1 is 0.483 bits per heavy atom. The van der Waals surface area contributed by atoms with E-state index in [2.05, 4.69) is 0 Å². The largest absolute Gasteiger partial charge is 0.397 e. The molecule has 0 radical (unpaired) electrons. The first-order valence-electron chi connectivity index (χ1n) is 8.31. The van der Waals surface area contributed by atoms with Crippen LogP contribution in [0.5, 0.6) is 0 Å². The molecule has 0 fully saturated rings. The summed E-state index contributed by atoms with van der Waals surface area (Å²) < 4.78 is 0. The summed E-state index contributed by atoms with van der Waals surface area (Å²) in [7, 11) is 0. The highest BCUT2D eigenvalue weighted by Gasteiger charge is 2.18. The van der Waals surface area contributed by atoms with Crippen LogP contribution in [-0.2, 0) is 12.8 Å². The quantitative estimate of drug-likeness (QED) is 0.318. The number of benzene rings is 3. The van der Waals surface area contributed by atoms with Crippen LogP contribution in [0.15, 0.2) is 30.3 Å².